The summed E-state index contributed by atoms with van der Waals surface area (Å²) in [7, 11) is 0. The predicted octanol–water partition coefficient (Wildman–Crippen LogP) is 2.27. The molecule has 4 rings (SSSR count). The molecule has 0 aromatic heterocycles. The number of carbonyl (C=O) groups is 3. The van der Waals surface area contributed by atoms with E-state index in [1.54, 1.807) is 6.07 Å². The molecule has 2 N–H and O–H groups in total. The summed E-state index contributed by atoms with van der Waals surface area (Å²) in [4.78, 5) is 42.1. The molecule has 2 heterocycles. The second kappa shape index (κ2) is 8.89. The highest BCUT2D eigenvalue weighted by Crippen LogP contribution is 2.24. The lowest BCUT2D eigenvalue weighted by molar-refractivity contribution is -0.158. The number of aliphatic carboxylic acids is 1. The molecule has 0 saturated carbocycles. The fourth-order valence-corrected chi connectivity index (χ4v) is 4.57. The maximum Gasteiger partial charge on any atom is 0.327 e. The average molecular weight is 421 g/mol. The highest BCUT2D eigenvalue weighted by Gasteiger charge is 2.43. The number of piperazine rings is 1. The molecule has 2 amide bonds. The van der Waals surface area contributed by atoms with Crippen LogP contribution in [-0.2, 0) is 9.59 Å². The lowest BCUT2D eigenvalue weighted by Gasteiger charge is -2.46. The van der Waals surface area contributed by atoms with E-state index in [9.17, 15) is 19.5 Å². The van der Waals surface area contributed by atoms with E-state index in [0.29, 0.717) is 31.5 Å². The summed E-state index contributed by atoms with van der Waals surface area (Å²) >= 11 is 0. The molecule has 2 aliphatic rings. The zero-order valence-electron chi connectivity index (χ0n) is 17.5. The molecule has 1 saturated heterocycles. The molecule has 0 spiro atoms. The lowest BCUT2D eigenvalue weighted by atomic mass is 9.97. The van der Waals surface area contributed by atoms with E-state index in [1.807, 2.05) is 55.5 Å². The third-order valence-corrected chi connectivity index (χ3v) is 6.20. The first-order chi connectivity index (χ1) is 15.0. The van der Waals surface area contributed by atoms with Gasteiger partial charge in [0.15, 0.2) is 0 Å². The summed E-state index contributed by atoms with van der Waals surface area (Å²) in [6.45, 7) is 3.64. The smallest absolute Gasteiger partial charge is 0.327 e. The van der Waals surface area contributed by atoms with Gasteiger partial charge in [0.1, 0.15) is 12.1 Å². The van der Waals surface area contributed by atoms with Crippen LogP contribution in [0.1, 0.15) is 30.1 Å². The van der Waals surface area contributed by atoms with E-state index in [0.717, 1.165) is 17.3 Å². The number of carbonyl (C=O) groups excluding carboxylic acids is 2. The van der Waals surface area contributed by atoms with E-state index in [1.165, 1.54) is 4.90 Å². The van der Waals surface area contributed by atoms with Gasteiger partial charge in [0.05, 0.1) is 0 Å². The summed E-state index contributed by atoms with van der Waals surface area (Å²) in [5.41, 5.74) is 0.499. The van der Waals surface area contributed by atoms with Crippen molar-refractivity contribution in [2.45, 2.75) is 37.9 Å². The number of benzene rings is 2. The van der Waals surface area contributed by atoms with Gasteiger partial charge in [-0.25, -0.2) is 4.79 Å². The largest absolute Gasteiger partial charge is 0.480 e. The maximum atomic E-state index is 13.5. The van der Waals surface area contributed by atoms with Crippen LogP contribution in [0.3, 0.4) is 0 Å². The summed E-state index contributed by atoms with van der Waals surface area (Å²) in [6.07, 6.45) is 4.83. The Morgan fingerprint density at radius 1 is 1.06 bits per heavy atom. The Bertz CT molecular complexity index is 1030. The van der Waals surface area contributed by atoms with Crippen LogP contribution >= 0.6 is 0 Å². The van der Waals surface area contributed by atoms with Crippen LogP contribution in [-0.4, -0.2) is 70.4 Å². The van der Waals surface area contributed by atoms with Gasteiger partial charge in [-0.05, 0) is 36.2 Å². The van der Waals surface area contributed by atoms with Crippen LogP contribution in [0.2, 0.25) is 0 Å². The van der Waals surface area contributed by atoms with Crippen LogP contribution in [0.5, 0.6) is 0 Å². The molecular weight excluding hydrogens is 394 g/mol. The molecule has 0 unspecified atom stereocenters. The van der Waals surface area contributed by atoms with Crippen molar-refractivity contribution in [2.75, 3.05) is 19.6 Å². The van der Waals surface area contributed by atoms with Gasteiger partial charge in [-0.15, -0.1) is 0 Å². The molecule has 3 atom stereocenters. The van der Waals surface area contributed by atoms with Crippen LogP contribution in [0.25, 0.3) is 10.8 Å². The van der Waals surface area contributed by atoms with Crippen molar-refractivity contribution in [1.82, 2.24) is 15.1 Å². The third-order valence-electron chi connectivity index (χ3n) is 6.20. The second-order valence-corrected chi connectivity index (χ2v) is 8.10. The zero-order chi connectivity index (χ0) is 22.0. The number of nitrogens with one attached hydrogen (secondary N) is 1. The number of fused-ring (bicyclic) bond motifs is 2. The minimum absolute atomic E-state index is 0.226. The van der Waals surface area contributed by atoms with E-state index in [2.05, 4.69) is 10.2 Å². The van der Waals surface area contributed by atoms with Gasteiger partial charge in [-0.3, -0.25) is 14.5 Å². The molecule has 0 radical (unpaired) electrons. The number of nitrogens with zero attached hydrogens (tertiary/aromatic N) is 2. The number of carboxylic acid groups (broad SMARTS) is 1. The van der Waals surface area contributed by atoms with Gasteiger partial charge in [-0.1, -0.05) is 55.5 Å². The molecule has 2 aromatic rings. The third kappa shape index (κ3) is 4.18. The molecule has 0 bridgehead atoms. The molecule has 7 heteroatoms. The van der Waals surface area contributed by atoms with Crippen molar-refractivity contribution in [3.63, 3.8) is 0 Å². The summed E-state index contributed by atoms with van der Waals surface area (Å²) in [6, 6.07) is 11.1. The number of hydrogen-bond acceptors (Lipinski definition) is 4. The number of carboxylic acids is 1. The number of likely N-dealkylation sites (N-methyl/N-ethyl adjacent to an activating group) is 1. The lowest BCUT2D eigenvalue weighted by Crippen LogP contribution is -2.66. The molecular formula is C24H27N3O4. The molecule has 7 nitrogen and oxygen atoms in total. The van der Waals surface area contributed by atoms with Crippen molar-refractivity contribution >= 4 is 28.6 Å². The Balaban J connectivity index is 1.62. The van der Waals surface area contributed by atoms with Gasteiger partial charge in [0, 0.05) is 24.7 Å². The van der Waals surface area contributed by atoms with Crippen molar-refractivity contribution in [1.29, 1.82) is 0 Å². The second-order valence-electron chi connectivity index (χ2n) is 8.10. The topological polar surface area (TPSA) is 90.0 Å². The van der Waals surface area contributed by atoms with Crippen molar-refractivity contribution in [3.05, 3.63) is 60.2 Å². The highest BCUT2D eigenvalue weighted by atomic mass is 16.4. The number of amides is 2. The molecule has 0 aliphatic carbocycles. The van der Waals surface area contributed by atoms with Crippen LogP contribution in [0.4, 0.5) is 0 Å². The molecule has 2 aliphatic heterocycles. The summed E-state index contributed by atoms with van der Waals surface area (Å²) in [5, 5.41) is 14.4. The Morgan fingerprint density at radius 3 is 2.58 bits per heavy atom. The first-order valence-electron chi connectivity index (χ1n) is 10.7. The van der Waals surface area contributed by atoms with E-state index in [-0.39, 0.29) is 17.9 Å². The number of hydrogen-bond donors (Lipinski definition) is 2. The fraction of sp³-hybridized carbons (Fsp3) is 0.375. The van der Waals surface area contributed by atoms with Crippen molar-refractivity contribution in [3.8, 4) is 0 Å². The first-order valence-corrected chi connectivity index (χ1v) is 10.7. The van der Waals surface area contributed by atoms with Crippen molar-refractivity contribution in [2.24, 2.45) is 0 Å². The normalized spacial score (nSPS) is 24.4. The Labute approximate surface area is 181 Å². The Kier molecular flexibility index (Phi) is 6.04. The molecule has 31 heavy (non-hydrogen) atoms. The molecule has 2 aromatic carbocycles. The zero-order valence-corrected chi connectivity index (χ0v) is 17.5. The SMILES string of the molecule is CCN1C[C@@H]2CC=CC[C@H](NC(=O)c3cccc4ccccc34)C(=O)N2[C@H](C(=O)O)C1. The van der Waals surface area contributed by atoms with Gasteiger partial charge in [0.2, 0.25) is 5.91 Å². The molecule has 1 fully saturated rings. The van der Waals surface area contributed by atoms with Crippen LogP contribution in [0, 0.1) is 0 Å². The van der Waals surface area contributed by atoms with Crippen LogP contribution < -0.4 is 5.32 Å². The number of rotatable bonds is 4. The maximum absolute atomic E-state index is 13.5. The standard InChI is InChI=1S/C24H27N3O4/c1-2-26-14-17-10-4-6-13-20(23(29)27(17)21(15-26)24(30)31)25-22(28)19-12-7-9-16-8-3-5-11-18(16)19/h3-9,11-12,17,20-21H,2,10,13-15H2,1H3,(H,25,28)(H,30,31)/t17-,20-,21-/m0/s1. The summed E-state index contributed by atoms with van der Waals surface area (Å²) < 4.78 is 0. The van der Waals surface area contributed by atoms with E-state index < -0.39 is 18.1 Å². The van der Waals surface area contributed by atoms with Gasteiger partial charge < -0.3 is 15.3 Å². The Hall–Kier alpha value is -3.19. The van der Waals surface area contributed by atoms with E-state index >= 15 is 0 Å². The highest BCUT2D eigenvalue weighted by molar-refractivity contribution is 6.08. The monoisotopic (exact) mass is 421 g/mol. The summed E-state index contributed by atoms with van der Waals surface area (Å²) in [5.74, 6) is -1.67. The minimum atomic E-state index is -1.01. The van der Waals surface area contributed by atoms with Crippen LogP contribution in [0.15, 0.2) is 54.6 Å². The molecule has 162 valence electrons. The quantitative estimate of drug-likeness (QED) is 0.740. The Morgan fingerprint density at radius 2 is 1.81 bits per heavy atom. The first kappa shape index (κ1) is 21.1. The average Bonchev–Trinajstić information content (AvgIpc) is 2.78. The fourth-order valence-electron chi connectivity index (χ4n) is 4.57. The predicted molar refractivity (Wildman–Crippen MR) is 118 cm³/mol. The van der Waals surface area contributed by atoms with Gasteiger partial charge >= 0.3 is 5.97 Å². The van der Waals surface area contributed by atoms with Gasteiger partial charge in [-0.2, -0.15) is 0 Å². The van der Waals surface area contributed by atoms with E-state index in [4.69, 9.17) is 0 Å². The minimum Gasteiger partial charge on any atom is -0.480 e. The van der Waals surface area contributed by atoms with Gasteiger partial charge in [0.25, 0.3) is 5.91 Å². The van der Waals surface area contributed by atoms with Crippen molar-refractivity contribution < 1.29 is 19.5 Å².